The largest absolute Gasteiger partial charge is 0.449 e. The monoisotopic (exact) mass is 265 g/mol. The number of rotatable bonds is 3. The van der Waals surface area contributed by atoms with Crippen molar-refractivity contribution in [3.8, 4) is 0 Å². The van der Waals surface area contributed by atoms with Crippen LogP contribution in [0.5, 0.6) is 0 Å². The summed E-state index contributed by atoms with van der Waals surface area (Å²) in [4.78, 5) is 11.1. The van der Waals surface area contributed by atoms with Crippen LogP contribution in [0.15, 0.2) is 0 Å². The zero-order valence-corrected chi connectivity index (χ0v) is 10.9. The predicted octanol–water partition coefficient (Wildman–Crippen LogP) is -0.00600. The van der Waals surface area contributed by atoms with E-state index < -0.39 is 22.5 Å². The molecule has 1 amide bonds. The number of piperidine rings is 1. The van der Waals surface area contributed by atoms with E-state index in [0.717, 1.165) is 17.1 Å². The maximum absolute atomic E-state index is 11.9. The Labute approximate surface area is 101 Å². The highest BCUT2D eigenvalue weighted by molar-refractivity contribution is 7.87. The van der Waals surface area contributed by atoms with Crippen LogP contribution in [0, 0.1) is 5.92 Å². The zero-order chi connectivity index (χ0) is 13.1. The van der Waals surface area contributed by atoms with Gasteiger partial charge in [-0.15, -0.1) is 0 Å². The summed E-state index contributed by atoms with van der Waals surface area (Å²) >= 11 is 0. The van der Waals surface area contributed by atoms with E-state index in [0.29, 0.717) is 6.54 Å². The van der Waals surface area contributed by atoms with Crippen molar-refractivity contribution in [2.24, 2.45) is 11.7 Å². The van der Waals surface area contributed by atoms with Gasteiger partial charge in [0.1, 0.15) is 0 Å². The second kappa shape index (κ2) is 5.65. The number of hydrogen-bond donors (Lipinski definition) is 2. The average Bonchev–Trinajstić information content (AvgIpc) is 2.21. The second-order valence-electron chi connectivity index (χ2n) is 4.05. The molecule has 17 heavy (non-hydrogen) atoms. The van der Waals surface area contributed by atoms with Crippen molar-refractivity contribution in [2.45, 2.75) is 32.9 Å². The molecule has 1 fully saturated rings. The fourth-order valence-corrected chi connectivity index (χ4v) is 3.06. The highest BCUT2D eigenvalue weighted by atomic mass is 32.2. The van der Waals surface area contributed by atoms with E-state index in [-0.39, 0.29) is 12.5 Å². The van der Waals surface area contributed by atoms with Crippen LogP contribution >= 0.6 is 0 Å². The molecule has 0 radical (unpaired) electrons. The predicted molar refractivity (Wildman–Crippen MR) is 62.2 cm³/mol. The van der Waals surface area contributed by atoms with Crippen molar-refractivity contribution >= 4 is 16.3 Å². The first-order chi connectivity index (χ1) is 7.88. The molecule has 1 saturated heterocycles. The first-order valence-electron chi connectivity index (χ1n) is 5.60. The minimum Gasteiger partial charge on any atom is -0.449 e. The lowest BCUT2D eigenvalue weighted by atomic mass is 9.99. The topological polar surface area (TPSA) is 102 Å². The van der Waals surface area contributed by atoms with Crippen LogP contribution in [0.25, 0.3) is 0 Å². The molecule has 0 aromatic rings. The highest BCUT2D eigenvalue weighted by Crippen LogP contribution is 2.21. The van der Waals surface area contributed by atoms with Gasteiger partial charge in [0.05, 0.1) is 12.8 Å². The van der Waals surface area contributed by atoms with Crippen LogP contribution in [0.1, 0.15) is 26.7 Å². The maximum Gasteiger partial charge on any atom is 0.421 e. The van der Waals surface area contributed by atoms with E-state index in [2.05, 4.69) is 4.74 Å². The quantitative estimate of drug-likeness (QED) is 0.747. The van der Waals surface area contributed by atoms with Crippen molar-refractivity contribution in [1.29, 1.82) is 0 Å². The van der Waals surface area contributed by atoms with Gasteiger partial charge in [-0.2, -0.15) is 12.7 Å². The van der Waals surface area contributed by atoms with E-state index in [1.165, 1.54) is 0 Å². The van der Waals surface area contributed by atoms with Crippen molar-refractivity contribution < 1.29 is 17.9 Å². The average molecular weight is 265 g/mol. The number of carbonyl (C=O) groups is 1. The number of ether oxygens (including phenoxy) is 1. The normalized spacial score (nSPS) is 26.5. The van der Waals surface area contributed by atoms with Crippen LogP contribution < -0.4 is 10.5 Å². The molecule has 0 aromatic carbocycles. The standard InChI is InChI=1S/C9H19N3O4S/c1-3-16-9(13)11-17(14,15)12-6-4-5-7(2)8(12)10/h7-8H,3-6,10H2,1-2H3,(H,11,13). The molecule has 8 heteroatoms. The van der Waals surface area contributed by atoms with E-state index >= 15 is 0 Å². The van der Waals surface area contributed by atoms with Crippen LogP contribution in [0.3, 0.4) is 0 Å². The summed E-state index contributed by atoms with van der Waals surface area (Å²) in [6.07, 6.45) is 0.0409. The van der Waals surface area contributed by atoms with Gasteiger partial charge in [-0.05, 0) is 25.7 Å². The molecular weight excluding hydrogens is 246 g/mol. The molecule has 2 atom stereocenters. The number of amides is 1. The second-order valence-corrected chi connectivity index (χ2v) is 5.67. The summed E-state index contributed by atoms with van der Waals surface area (Å²) in [7, 11) is -3.90. The number of nitrogens with zero attached hydrogens (tertiary/aromatic N) is 1. The Hall–Kier alpha value is -0.860. The molecule has 2 unspecified atom stereocenters. The van der Waals surface area contributed by atoms with Gasteiger partial charge in [-0.25, -0.2) is 9.52 Å². The Morgan fingerprint density at radius 2 is 2.24 bits per heavy atom. The van der Waals surface area contributed by atoms with Crippen LogP contribution in [0.4, 0.5) is 4.79 Å². The maximum atomic E-state index is 11.9. The van der Waals surface area contributed by atoms with Gasteiger partial charge < -0.3 is 10.5 Å². The number of nitrogens with one attached hydrogen (secondary N) is 1. The van der Waals surface area contributed by atoms with Gasteiger partial charge in [0.15, 0.2) is 0 Å². The summed E-state index contributed by atoms with van der Waals surface area (Å²) in [5.41, 5.74) is 5.81. The Kier molecular flexibility index (Phi) is 4.72. The van der Waals surface area contributed by atoms with Crippen LogP contribution in [0.2, 0.25) is 0 Å². The lowest BCUT2D eigenvalue weighted by Gasteiger charge is -2.35. The molecule has 100 valence electrons. The summed E-state index contributed by atoms with van der Waals surface area (Å²) < 4.78 is 31.2. The number of nitrogens with two attached hydrogens (primary N) is 1. The molecule has 1 aliphatic heterocycles. The molecule has 1 aliphatic rings. The van der Waals surface area contributed by atoms with Gasteiger partial charge in [0, 0.05) is 6.54 Å². The molecular formula is C9H19N3O4S. The Bertz CT molecular complexity index is 370. The van der Waals surface area contributed by atoms with Crippen molar-refractivity contribution in [3.05, 3.63) is 0 Å². The number of carbonyl (C=O) groups excluding carboxylic acids is 1. The Morgan fingerprint density at radius 3 is 2.82 bits per heavy atom. The Balaban J connectivity index is 2.72. The molecule has 0 aliphatic carbocycles. The SMILES string of the molecule is CCOC(=O)NS(=O)(=O)N1CCCC(C)C1N. The third-order valence-corrected chi connectivity index (χ3v) is 4.22. The van der Waals surface area contributed by atoms with Gasteiger partial charge in [-0.3, -0.25) is 0 Å². The minimum absolute atomic E-state index is 0.0718. The molecule has 0 spiro atoms. The number of hydrogen-bond acceptors (Lipinski definition) is 5. The van der Waals surface area contributed by atoms with Crippen molar-refractivity contribution in [2.75, 3.05) is 13.2 Å². The van der Waals surface area contributed by atoms with Gasteiger partial charge in [0.2, 0.25) is 0 Å². The molecule has 3 N–H and O–H groups in total. The third kappa shape index (κ3) is 3.55. The summed E-state index contributed by atoms with van der Waals surface area (Å²) in [5.74, 6) is 0.0718. The van der Waals surface area contributed by atoms with Gasteiger partial charge in [0.25, 0.3) is 0 Å². The third-order valence-electron chi connectivity index (χ3n) is 2.75. The fourth-order valence-electron chi connectivity index (χ4n) is 1.78. The van der Waals surface area contributed by atoms with Crippen LogP contribution in [-0.4, -0.2) is 38.1 Å². The zero-order valence-electron chi connectivity index (χ0n) is 10.0. The van der Waals surface area contributed by atoms with Crippen molar-refractivity contribution in [1.82, 2.24) is 9.03 Å². The van der Waals surface area contributed by atoms with E-state index in [1.54, 1.807) is 6.92 Å². The van der Waals surface area contributed by atoms with E-state index in [9.17, 15) is 13.2 Å². The molecule has 1 rings (SSSR count). The van der Waals surface area contributed by atoms with Crippen LogP contribution in [-0.2, 0) is 14.9 Å². The lowest BCUT2D eigenvalue weighted by Crippen LogP contribution is -2.56. The molecule has 1 heterocycles. The molecule has 0 aromatic heterocycles. The van der Waals surface area contributed by atoms with Crippen molar-refractivity contribution in [3.63, 3.8) is 0 Å². The fraction of sp³-hybridized carbons (Fsp3) is 0.889. The summed E-state index contributed by atoms with van der Waals surface area (Å²) in [6.45, 7) is 3.92. The van der Waals surface area contributed by atoms with Gasteiger partial charge in [-0.1, -0.05) is 6.92 Å². The molecule has 0 saturated carbocycles. The summed E-state index contributed by atoms with van der Waals surface area (Å²) in [5, 5.41) is 0. The Morgan fingerprint density at radius 1 is 1.59 bits per heavy atom. The van der Waals surface area contributed by atoms with E-state index in [1.807, 2.05) is 11.6 Å². The first kappa shape index (κ1) is 14.2. The minimum atomic E-state index is -3.90. The van der Waals surface area contributed by atoms with E-state index in [4.69, 9.17) is 5.73 Å². The summed E-state index contributed by atoms with van der Waals surface area (Å²) in [6, 6.07) is 0. The highest BCUT2D eigenvalue weighted by Gasteiger charge is 2.35. The van der Waals surface area contributed by atoms with Gasteiger partial charge >= 0.3 is 16.3 Å². The molecule has 0 bridgehead atoms. The lowest BCUT2D eigenvalue weighted by molar-refractivity contribution is 0.155. The molecule has 7 nitrogen and oxygen atoms in total. The first-order valence-corrected chi connectivity index (χ1v) is 7.04. The smallest absolute Gasteiger partial charge is 0.421 e.